The third kappa shape index (κ3) is 10.2. The lowest BCUT2D eigenvalue weighted by Crippen LogP contribution is -2.30. The molecule has 0 amide bonds. The first-order valence-electron chi connectivity index (χ1n) is 13.6. The summed E-state index contributed by atoms with van der Waals surface area (Å²) in [6.45, 7) is 6.37. The van der Waals surface area contributed by atoms with Crippen LogP contribution in [-0.2, 0) is 22.3 Å². The summed E-state index contributed by atoms with van der Waals surface area (Å²) in [6.07, 6.45) is 6.36. The number of hydrogen-bond donors (Lipinski definition) is 0. The van der Waals surface area contributed by atoms with Crippen molar-refractivity contribution in [3.8, 4) is 17.3 Å². The van der Waals surface area contributed by atoms with Crippen molar-refractivity contribution in [2.45, 2.75) is 64.9 Å². The van der Waals surface area contributed by atoms with Gasteiger partial charge in [0.25, 0.3) is 5.69 Å². The molecule has 0 radical (unpaired) electrons. The maximum absolute atomic E-state index is 11.1. The summed E-state index contributed by atoms with van der Waals surface area (Å²) in [5.41, 5.74) is 3.61. The minimum atomic E-state index is -0.408. The Bertz CT molecular complexity index is 1080. The van der Waals surface area contributed by atoms with Crippen molar-refractivity contribution in [2.24, 2.45) is 0 Å². The standard InChI is InChI=1S/C30H39N3O5/c1-3-5-19-36-22-28(23-37-20-6-4-2)38-30-31-26(14-10-13-24-11-8-7-9-12-24)21-29(32-30)25-15-17-27(18-16-25)33(34)35/h7-9,11-12,15-18,21,28H,3-6,10,13-14,19-20,22-23H2,1-2H3. The first-order chi connectivity index (χ1) is 18.6. The van der Waals surface area contributed by atoms with E-state index in [1.165, 1.54) is 17.7 Å². The second-order valence-corrected chi connectivity index (χ2v) is 9.27. The van der Waals surface area contributed by atoms with Crippen LogP contribution in [0.25, 0.3) is 11.3 Å². The van der Waals surface area contributed by atoms with Gasteiger partial charge in [-0.3, -0.25) is 10.1 Å². The van der Waals surface area contributed by atoms with Gasteiger partial charge in [-0.25, -0.2) is 4.98 Å². The zero-order valence-electron chi connectivity index (χ0n) is 22.5. The van der Waals surface area contributed by atoms with Crippen molar-refractivity contribution >= 4 is 5.69 Å². The van der Waals surface area contributed by atoms with Gasteiger partial charge in [-0.15, -0.1) is 0 Å². The SMILES string of the molecule is CCCCOCC(COCCCC)Oc1nc(CCCc2ccccc2)cc(-c2ccc([N+](=O)[O-])cc2)n1. The van der Waals surface area contributed by atoms with Crippen LogP contribution in [0.3, 0.4) is 0 Å². The highest BCUT2D eigenvalue weighted by Crippen LogP contribution is 2.24. The van der Waals surface area contributed by atoms with E-state index in [1.54, 1.807) is 12.1 Å². The van der Waals surface area contributed by atoms with Crippen LogP contribution in [-0.4, -0.2) is 47.4 Å². The second kappa shape index (κ2) is 16.5. The van der Waals surface area contributed by atoms with Gasteiger partial charge < -0.3 is 14.2 Å². The molecule has 38 heavy (non-hydrogen) atoms. The van der Waals surface area contributed by atoms with Gasteiger partial charge in [0.1, 0.15) is 6.10 Å². The third-order valence-electron chi connectivity index (χ3n) is 6.04. The minimum absolute atomic E-state index is 0.0379. The number of ether oxygens (including phenoxy) is 3. The fourth-order valence-corrected chi connectivity index (χ4v) is 3.86. The number of non-ortho nitro benzene ring substituents is 1. The molecule has 0 spiro atoms. The van der Waals surface area contributed by atoms with Crippen LogP contribution in [0.15, 0.2) is 60.7 Å². The quantitative estimate of drug-likeness (QED) is 0.106. The number of nitro groups is 1. The number of rotatable bonds is 18. The average molecular weight is 522 g/mol. The maximum Gasteiger partial charge on any atom is 0.317 e. The number of unbranched alkanes of at least 4 members (excludes halogenated alkanes) is 2. The van der Waals surface area contributed by atoms with E-state index in [2.05, 4.69) is 31.0 Å². The highest BCUT2D eigenvalue weighted by Gasteiger charge is 2.16. The van der Waals surface area contributed by atoms with Crippen molar-refractivity contribution in [1.82, 2.24) is 9.97 Å². The van der Waals surface area contributed by atoms with Crippen LogP contribution in [0.1, 0.15) is 57.2 Å². The Kier molecular flexibility index (Phi) is 12.7. The molecule has 0 atom stereocenters. The van der Waals surface area contributed by atoms with Gasteiger partial charge >= 0.3 is 6.01 Å². The summed E-state index contributed by atoms with van der Waals surface area (Å²) in [5.74, 6) is 0. The van der Waals surface area contributed by atoms with Gasteiger partial charge in [-0.05, 0) is 55.9 Å². The normalized spacial score (nSPS) is 11.1. The zero-order chi connectivity index (χ0) is 27.0. The van der Waals surface area contributed by atoms with Crippen molar-refractivity contribution in [2.75, 3.05) is 26.4 Å². The Morgan fingerprint density at radius 2 is 1.50 bits per heavy atom. The fraction of sp³-hybridized carbons (Fsp3) is 0.467. The molecule has 0 aliphatic carbocycles. The molecule has 1 aromatic heterocycles. The summed E-state index contributed by atoms with van der Waals surface area (Å²) in [4.78, 5) is 20.1. The first kappa shape index (κ1) is 29.2. The van der Waals surface area contributed by atoms with E-state index >= 15 is 0 Å². The van der Waals surface area contributed by atoms with Crippen LogP contribution in [0.5, 0.6) is 6.01 Å². The number of benzene rings is 2. The van der Waals surface area contributed by atoms with Gasteiger partial charge in [0.15, 0.2) is 0 Å². The van der Waals surface area contributed by atoms with Crippen LogP contribution in [0.2, 0.25) is 0 Å². The topological polar surface area (TPSA) is 96.6 Å². The average Bonchev–Trinajstić information content (AvgIpc) is 2.94. The molecule has 2 aromatic carbocycles. The Labute approximate surface area is 225 Å². The van der Waals surface area contributed by atoms with Crippen molar-refractivity contribution in [1.29, 1.82) is 0 Å². The number of hydrogen-bond acceptors (Lipinski definition) is 7. The molecule has 0 bridgehead atoms. The molecule has 0 aliphatic rings. The van der Waals surface area contributed by atoms with Crippen molar-refractivity contribution < 1.29 is 19.1 Å². The number of aromatic nitrogens is 2. The zero-order valence-corrected chi connectivity index (χ0v) is 22.5. The Morgan fingerprint density at radius 1 is 0.842 bits per heavy atom. The van der Waals surface area contributed by atoms with E-state index in [0.717, 1.165) is 56.2 Å². The number of nitro benzene ring substituents is 1. The monoisotopic (exact) mass is 521 g/mol. The Hall–Kier alpha value is -3.36. The summed E-state index contributed by atoms with van der Waals surface area (Å²) in [5, 5.41) is 11.1. The second-order valence-electron chi connectivity index (χ2n) is 9.27. The summed E-state index contributed by atoms with van der Waals surface area (Å²) in [7, 11) is 0. The lowest BCUT2D eigenvalue weighted by molar-refractivity contribution is -0.384. The molecule has 1 heterocycles. The molecule has 0 saturated carbocycles. The molecular weight excluding hydrogens is 482 g/mol. The van der Waals surface area contributed by atoms with E-state index in [-0.39, 0.29) is 17.8 Å². The predicted molar refractivity (Wildman–Crippen MR) is 148 cm³/mol. The minimum Gasteiger partial charge on any atom is -0.455 e. The van der Waals surface area contributed by atoms with E-state index < -0.39 is 4.92 Å². The van der Waals surface area contributed by atoms with E-state index in [1.807, 2.05) is 24.3 Å². The molecule has 8 nitrogen and oxygen atoms in total. The van der Waals surface area contributed by atoms with E-state index in [9.17, 15) is 10.1 Å². The molecule has 0 saturated heterocycles. The van der Waals surface area contributed by atoms with Crippen molar-refractivity contribution in [3.05, 3.63) is 82.0 Å². The maximum atomic E-state index is 11.1. The Balaban J connectivity index is 1.79. The van der Waals surface area contributed by atoms with Gasteiger partial charge in [0, 0.05) is 36.6 Å². The summed E-state index contributed by atoms with van der Waals surface area (Å²) in [6, 6.07) is 18.9. The van der Waals surface area contributed by atoms with Crippen LogP contribution < -0.4 is 4.74 Å². The van der Waals surface area contributed by atoms with Crippen LogP contribution in [0, 0.1) is 10.1 Å². The van der Waals surface area contributed by atoms with Crippen molar-refractivity contribution in [3.63, 3.8) is 0 Å². The van der Waals surface area contributed by atoms with E-state index in [0.29, 0.717) is 32.1 Å². The van der Waals surface area contributed by atoms with Gasteiger partial charge in [0.05, 0.1) is 23.8 Å². The molecule has 204 valence electrons. The third-order valence-corrected chi connectivity index (χ3v) is 6.04. The smallest absolute Gasteiger partial charge is 0.317 e. The largest absolute Gasteiger partial charge is 0.455 e. The van der Waals surface area contributed by atoms with Crippen LogP contribution >= 0.6 is 0 Å². The lowest BCUT2D eigenvalue weighted by atomic mass is 10.1. The van der Waals surface area contributed by atoms with Gasteiger partial charge in [0.2, 0.25) is 0 Å². The molecule has 0 N–H and O–H groups in total. The molecule has 8 heteroatoms. The molecule has 3 rings (SSSR count). The summed E-state index contributed by atoms with van der Waals surface area (Å²) < 4.78 is 17.9. The number of aryl methyl sites for hydroxylation is 2. The number of nitrogens with zero attached hydrogens (tertiary/aromatic N) is 3. The predicted octanol–water partition coefficient (Wildman–Crippen LogP) is 6.61. The lowest BCUT2D eigenvalue weighted by Gasteiger charge is -2.19. The van der Waals surface area contributed by atoms with Crippen LogP contribution in [0.4, 0.5) is 5.69 Å². The molecule has 3 aromatic rings. The summed E-state index contributed by atoms with van der Waals surface area (Å²) >= 11 is 0. The Morgan fingerprint density at radius 3 is 2.11 bits per heavy atom. The van der Waals surface area contributed by atoms with Gasteiger partial charge in [-0.1, -0.05) is 57.0 Å². The highest BCUT2D eigenvalue weighted by molar-refractivity contribution is 5.61. The first-order valence-corrected chi connectivity index (χ1v) is 13.6. The molecule has 0 fully saturated rings. The molecule has 0 aliphatic heterocycles. The van der Waals surface area contributed by atoms with Gasteiger partial charge in [-0.2, -0.15) is 4.98 Å². The van der Waals surface area contributed by atoms with E-state index in [4.69, 9.17) is 19.2 Å². The molecule has 0 unspecified atom stereocenters. The fourth-order valence-electron chi connectivity index (χ4n) is 3.86. The highest BCUT2D eigenvalue weighted by atomic mass is 16.6. The molecular formula is C30H39N3O5.